The van der Waals surface area contributed by atoms with Gasteiger partial charge in [-0.3, -0.25) is 4.79 Å². The molecule has 0 bridgehead atoms. The number of hydrogen-bond acceptors (Lipinski definition) is 4. The fraction of sp³-hybridized carbons (Fsp3) is 0.412. The Bertz CT molecular complexity index is 667. The lowest BCUT2D eigenvalue weighted by Crippen LogP contribution is -2.35. The second-order valence-corrected chi connectivity index (χ2v) is 6.11. The van der Waals surface area contributed by atoms with Crippen molar-refractivity contribution in [3.05, 3.63) is 41.2 Å². The van der Waals surface area contributed by atoms with E-state index in [0.717, 1.165) is 17.1 Å². The third-order valence-corrected chi connectivity index (χ3v) is 3.78. The zero-order valence-corrected chi connectivity index (χ0v) is 12.2. The zero-order valence-electron chi connectivity index (χ0n) is 12.2. The number of carbonyl (C=O) groups is 1. The van der Waals surface area contributed by atoms with Crippen LogP contribution in [0.1, 0.15) is 50.3 Å². The minimum absolute atomic E-state index is 0.113. The number of benzene rings is 1. The summed E-state index contributed by atoms with van der Waals surface area (Å²) < 4.78 is 12.0. The van der Waals surface area contributed by atoms with E-state index in [1.807, 2.05) is 26.0 Å². The van der Waals surface area contributed by atoms with Gasteiger partial charge < -0.3 is 9.47 Å². The molecule has 4 nitrogen and oxygen atoms in total. The van der Waals surface area contributed by atoms with Gasteiger partial charge in [-0.15, -0.1) is 0 Å². The number of fused-ring (bicyclic) bond motifs is 1. The molecular formula is C17H17NO3. The molecule has 0 fully saturated rings. The molecule has 1 aromatic carbocycles. The summed E-state index contributed by atoms with van der Waals surface area (Å²) in [5.74, 6) is 1.60. The summed E-state index contributed by atoms with van der Waals surface area (Å²) >= 11 is 0. The van der Waals surface area contributed by atoms with Crippen molar-refractivity contribution in [2.24, 2.45) is 0 Å². The van der Waals surface area contributed by atoms with Crippen LogP contribution in [0.5, 0.6) is 5.75 Å². The first kappa shape index (κ1) is 13.7. The predicted octanol–water partition coefficient (Wildman–Crippen LogP) is 3.42. The van der Waals surface area contributed by atoms with Crippen LogP contribution >= 0.6 is 0 Å². The molecule has 1 aliphatic carbocycles. The summed E-state index contributed by atoms with van der Waals surface area (Å²) in [6.45, 7) is 4.03. The van der Waals surface area contributed by atoms with Crippen LogP contribution in [0.2, 0.25) is 0 Å². The lowest BCUT2D eigenvalue weighted by Gasteiger charge is -2.37. The molecule has 0 saturated carbocycles. The van der Waals surface area contributed by atoms with Gasteiger partial charge in [-0.1, -0.05) is 0 Å². The van der Waals surface area contributed by atoms with Crippen molar-refractivity contribution in [2.75, 3.05) is 0 Å². The zero-order chi connectivity index (χ0) is 15.0. The van der Waals surface area contributed by atoms with E-state index in [1.165, 1.54) is 0 Å². The first-order chi connectivity index (χ1) is 9.97. The molecule has 0 aromatic heterocycles. The second-order valence-electron chi connectivity index (χ2n) is 6.11. The van der Waals surface area contributed by atoms with Crippen molar-refractivity contribution in [3.63, 3.8) is 0 Å². The van der Waals surface area contributed by atoms with E-state index in [4.69, 9.17) is 14.7 Å². The molecule has 1 atom stereocenters. The lowest BCUT2D eigenvalue weighted by atomic mass is 9.90. The van der Waals surface area contributed by atoms with Gasteiger partial charge in [0.1, 0.15) is 23.2 Å². The highest BCUT2D eigenvalue weighted by molar-refractivity contribution is 5.92. The van der Waals surface area contributed by atoms with E-state index in [9.17, 15) is 4.79 Å². The number of rotatable bonds is 2. The van der Waals surface area contributed by atoms with Crippen LogP contribution in [-0.4, -0.2) is 11.4 Å². The van der Waals surface area contributed by atoms with Gasteiger partial charge in [0.2, 0.25) is 0 Å². The first-order valence-electron chi connectivity index (χ1n) is 7.10. The van der Waals surface area contributed by atoms with Crippen molar-refractivity contribution in [1.29, 1.82) is 5.26 Å². The highest BCUT2D eigenvalue weighted by Crippen LogP contribution is 2.43. The number of carbonyl (C=O) groups excluding carboxylic acids is 1. The predicted molar refractivity (Wildman–Crippen MR) is 76.6 cm³/mol. The molecule has 0 unspecified atom stereocenters. The van der Waals surface area contributed by atoms with Crippen LogP contribution in [0.15, 0.2) is 30.0 Å². The standard InChI is InChI=1S/C17H17NO3/c1-17(2)9-16(20-13-5-4-12(19)8-13)14-7-11(10-18)3-6-15(14)21-17/h3,6-8,16H,4-5,9H2,1-2H3/t16-/m1/s1. The molecule has 1 aromatic rings. The van der Waals surface area contributed by atoms with E-state index >= 15 is 0 Å². The van der Waals surface area contributed by atoms with E-state index in [1.54, 1.807) is 12.1 Å². The molecule has 0 radical (unpaired) electrons. The highest BCUT2D eigenvalue weighted by Gasteiger charge is 2.36. The Balaban J connectivity index is 1.95. The van der Waals surface area contributed by atoms with E-state index in [-0.39, 0.29) is 17.5 Å². The maximum Gasteiger partial charge on any atom is 0.159 e. The second kappa shape index (κ2) is 4.92. The van der Waals surface area contributed by atoms with Gasteiger partial charge in [-0.05, 0) is 32.0 Å². The van der Waals surface area contributed by atoms with Crippen LogP contribution in [0.25, 0.3) is 0 Å². The maximum atomic E-state index is 11.3. The van der Waals surface area contributed by atoms with Crippen molar-refractivity contribution >= 4 is 5.78 Å². The average molecular weight is 283 g/mol. The fourth-order valence-corrected chi connectivity index (χ4v) is 2.81. The van der Waals surface area contributed by atoms with Crippen molar-refractivity contribution in [1.82, 2.24) is 0 Å². The largest absolute Gasteiger partial charge is 0.490 e. The van der Waals surface area contributed by atoms with E-state index < -0.39 is 0 Å². The molecule has 4 heteroatoms. The Hall–Kier alpha value is -2.28. The molecule has 108 valence electrons. The van der Waals surface area contributed by atoms with E-state index in [2.05, 4.69) is 6.07 Å². The van der Waals surface area contributed by atoms with Gasteiger partial charge in [-0.25, -0.2) is 0 Å². The van der Waals surface area contributed by atoms with E-state index in [0.29, 0.717) is 24.8 Å². The van der Waals surface area contributed by atoms with Crippen LogP contribution in [-0.2, 0) is 9.53 Å². The van der Waals surface area contributed by atoms with Crippen LogP contribution in [0, 0.1) is 11.3 Å². The normalized spacial score (nSPS) is 22.8. The molecule has 0 saturated heterocycles. The third-order valence-electron chi connectivity index (χ3n) is 3.78. The average Bonchev–Trinajstić information content (AvgIpc) is 2.82. The van der Waals surface area contributed by atoms with Gasteiger partial charge >= 0.3 is 0 Å². The van der Waals surface area contributed by atoms with Gasteiger partial charge in [-0.2, -0.15) is 5.26 Å². The fourth-order valence-electron chi connectivity index (χ4n) is 2.81. The van der Waals surface area contributed by atoms with Crippen LogP contribution < -0.4 is 4.74 Å². The summed E-state index contributed by atoms with van der Waals surface area (Å²) in [7, 11) is 0. The number of ether oxygens (including phenoxy) is 2. The SMILES string of the molecule is CC1(C)C[C@@H](OC2=CC(=O)CC2)c2cc(C#N)ccc2O1. The smallest absolute Gasteiger partial charge is 0.159 e. The molecule has 1 aliphatic heterocycles. The van der Waals surface area contributed by atoms with Crippen LogP contribution in [0.3, 0.4) is 0 Å². The Kier molecular flexibility index (Phi) is 3.21. The number of ketones is 1. The number of hydrogen-bond donors (Lipinski definition) is 0. The minimum Gasteiger partial charge on any atom is -0.490 e. The molecule has 0 N–H and O–H groups in total. The Morgan fingerprint density at radius 1 is 1.38 bits per heavy atom. The summed E-state index contributed by atoms with van der Waals surface area (Å²) in [6, 6.07) is 7.52. The van der Waals surface area contributed by atoms with Crippen LogP contribution in [0.4, 0.5) is 0 Å². The monoisotopic (exact) mass is 283 g/mol. The highest BCUT2D eigenvalue weighted by atomic mass is 16.5. The van der Waals surface area contributed by atoms with Gasteiger partial charge in [0, 0.05) is 30.9 Å². The number of nitriles is 1. The first-order valence-corrected chi connectivity index (χ1v) is 7.10. The lowest BCUT2D eigenvalue weighted by molar-refractivity contribution is -0.114. The molecule has 3 rings (SSSR count). The topological polar surface area (TPSA) is 59.3 Å². The molecule has 21 heavy (non-hydrogen) atoms. The number of nitrogens with zero attached hydrogens (tertiary/aromatic N) is 1. The maximum absolute atomic E-state index is 11.3. The Labute approximate surface area is 124 Å². The Morgan fingerprint density at radius 3 is 2.86 bits per heavy atom. The quantitative estimate of drug-likeness (QED) is 0.834. The van der Waals surface area contributed by atoms with Gasteiger partial charge in [0.15, 0.2) is 5.78 Å². The summed E-state index contributed by atoms with van der Waals surface area (Å²) in [5, 5.41) is 9.06. The van der Waals surface area contributed by atoms with Crippen molar-refractivity contribution in [2.45, 2.75) is 44.8 Å². The summed E-state index contributed by atoms with van der Waals surface area (Å²) in [6.07, 6.45) is 3.25. The summed E-state index contributed by atoms with van der Waals surface area (Å²) in [4.78, 5) is 11.3. The molecule has 2 aliphatic rings. The summed E-state index contributed by atoms with van der Waals surface area (Å²) in [5.41, 5.74) is 1.13. The third kappa shape index (κ3) is 2.78. The molecular weight excluding hydrogens is 266 g/mol. The van der Waals surface area contributed by atoms with Crippen molar-refractivity contribution in [3.8, 4) is 11.8 Å². The molecule has 0 spiro atoms. The van der Waals surface area contributed by atoms with Gasteiger partial charge in [0.25, 0.3) is 0 Å². The van der Waals surface area contributed by atoms with Gasteiger partial charge in [0.05, 0.1) is 11.6 Å². The Morgan fingerprint density at radius 2 is 2.19 bits per heavy atom. The molecule has 0 amide bonds. The minimum atomic E-state index is -0.338. The molecule has 1 heterocycles. The van der Waals surface area contributed by atoms with Crippen molar-refractivity contribution < 1.29 is 14.3 Å². The number of allylic oxidation sites excluding steroid dienone is 2.